The van der Waals surface area contributed by atoms with Crippen molar-refractivity contribution >= 4 is 37.7 Å². The lowest BCUT2D eigenvalue weighted by molar-refractivity contribution is 0.175. The highest BCUT2D eigenvalue weighted by Crippen LogP contribution is 2.30. The van der Waals surface area contributed by atoms with Crippen LogP contribution in [0.25, 0.3) is 0 Å². The van der Waals surface area contributed by atoms with Crippen molar-refractivity contribution < 1.29 is 8.42 Å². The molecule has 3 N–H and O–H groups in total. The molecule has 2 fully saturated rings. The molecule has 1 aromatic carbocycles. The summed E-state index contributed by atoms with van der Waals surface area (Å²) in [6, 6.07) is 6.09. The summed E-state index contributed by atoms with van der Waals surface area (Å²) >= 11 is 9.80. The normalized spacial score (nSPS) is 24.7. The number of nitrogens with zero attached hydrogens (tertiary/aromatic N) is 1. The van der Waals surface area contributed by atoms with Crippen molar-refractivity contribution in [1.82, 2.24) is 9.62 Å². The third-order valence-corrected chi connectivity index (χ3v) is 8.16. The Bertz CT molecular complexity index is 761. The number of nitrogens with two attached hydrogens (primary N) is 1. The van der Waals surface area contributed by atoms with E-state index in [0.29, 0.717) is 0 Å². The lowest BCUT2D eigenvalue weighted by Gasteiger charge is -2.33. The fourth-order valence-electron chi connectivity index (χ4n) is 4.83. The van der Waals surface area contributed by atoms with Crippen molar-refractivity contribution in [1.29, 1.82) is 0 Å². The van der Waals surface area contributed by atoms with Gasteiger partial charge in [0.2, 0.25) is 0 Å². The highest BCUT2D eigenvalue weighted by atomic mass is 79.9. The van der Waals surface area contributed by atoms with E-state index in [1.165, 1.54) is 55.4 Å². The Balaban J connectivity index is 1.30. The van der Waals surface area contributed by atoms with Gasteiger partial charge in [-0.1, -0.05) is 27.5 Å². The van der Waals surface area contributed by atoms with Gasteiger partial charge in [0, 0.05) is 15.5 Å². The number of nitrogens with one attached hydrogen (secondary N) is 1. The Morgan fingerprint density at radius 2 is 1.79 bits per heavy atom. The topological polar surface area (TPSA) is 75.4 Å². The monoisotopic (exact) mass is 505 g/mol. The fraction of sp³-hybridized carbons (Fsp3) is 0.714. The van der Waals surface area contributed by atoms with Crippen molar-refractivity contribution in [2.24, 2.45) is 17.0 Å². The van der Waals surface area contributed by atoms with Gasteiger partial charge in [-0.05, 0) is 113 Å². The van der Waals surface area contributed by atoms with Crippen LogP contribution in [0.1, 0.15) is 56.9 Å². The molecule has 0 unspecified atom stereocenters. The third-order valence-electron chi connectivity index (χ3n) is 6.49. The van der Waals surface area contributed by atoms with Gasteiger partial charge in [-0.3, -0.25) is 0 Å². The van der Waals surface area contributed by atoms with Gasteiger partial charge in [-0.25, -0.2) is 5.14 Å². The second-order valence-electron chi connectivity index (χ2n) is 8.75. The maximum atomic E-state index is 11.1. The molecule has 1 aliphatic carbocycles. The molecule has 1 heterocycles. The molecule has 1 saturated carbocycles. The molecule has 0 aromatic heterocycles. The molecule has 29 heavy (non-hydrogen) atoms. The van der Waals surface area contributed by atoms with E-state index in [9.17, 15) is 8.42 Å². The van der Waals surface area contributed by atoms with Crippen LogP contribution >= 0.6 is 27.5 Å². The quantitative estimate of drug-likeness (QED) is 0.545. The summed E-state index contributed by atoms with van der Waals surface area (Å²) < 4.78 is 26.0. The van der Waals surface area contributed by atoms with Crippen LogP contribution in [0.5, 0.6) is 0 Å². The zero-order valence-corrected chi connectivity index (χ0v) is 20.1. The number of hydrogen-bond acceptors (Lipinski definition) is 3. The molecular weight excluding hydrogens is 474 g/mol. The lowest BCUT2D eigenvalue weighted by atomic mass is 9.83. The summed E-state index contributed by atoms with van der Waals surface area (Å²) in [6.07, 6.45) is 10.1. The van der Waals surface area contributed by atoms with Gasteiger partial charge in [0.15, 0.2) is 0 Å². The first-order valence-corrected chi connectivity index (χ1v) is 13.5. The minimum Gasteiger partial charge on any atom is -0.303 e. The molecule has 5 nitrogen and oxygen atoms in total. The largest absolute Gasteiger partial charge is 0.303 e. The number of piperidine rings is 1. The molecule has 0 radical (unpaired) electrons. The van der Waals surface area contributed by atoms with Crippen molar-refractivity contribution in [3.05, 3.63) is 33.3 Å². The molecule has 164 valence electrons. The van der Waals surface area contributed by atoms with Crippen LogP contribution in [0.4, 0.5) is 0 Å². The number of likely N-dealkylation sites (tertiary alicyclic amines) is 1. The van der Waals surface area contributed by atoms with Crippen molar-refractivity contribution in [3.8, 4) is 0 Å². The standard InChI is InChI=1S/C21H33BrClN3O2S/c22-21-8-5-19(23)15-18(21)14-17-9-12-26(13-10-17)11-1-2-16-3-6-20(7-4-16)25-29(24,27)28/h5,8,15-17,20,25H,1-4,6-7,9-14H2,(H2,24,27,28)/t16-,20-. The van der Waals surface area contributed by atoms with E-state index in [0.717, 1.165) is 49.0 Å². The van der Waals surface area contributed by atoms with E-state index in [1.807, 2.05) is 12.1 Å². The Morgan fingerprint density at radius 3 is 2.45 bits per heavy atom. The van der Waals surface area contributed by atoms with Gasteiger partial charge in [0.1, 0.15) is 0 Å². The molecule has 0 bridgehead atoms. The summed E-state index contributed by atoms with van der Waals surface area (Å²) in [7, 11) is -3.57. The van der Waals surface area contributed by atoms with Crippen LogP contribution in [-0.4, -0.2) is 39.0 Å². The molecule has 1 aromatic rings. The Morgan fingerprint density at radius 1 is 1.10 bits per heavy atom. The second-order valence-corrected chi connectivity index (χ2v) is 11.4. The van der Waals surface area contributed by atoms with Crippen LogP contribution in [0.3, 0.4) is 0 Å². The van der Waals surface area contributed by atoms with E-state index in [1.54, 1.807) is 0 Å². The number of benzene rings is 1. The molecule has 1 aliphatic heterocycles. The van der Waals surface area contributed by atoms with Crippen LogP contribution in [0.2, 0.25) is 5.02 Å². The SMILES string of the molecule is NS(=O)(=O)N[C@H]1CC[C@H](CCCN2CCC(Cc3cc(Cl)ccc3Br)CC2)CC1. The van der Waals surface area contributed by atoms with Gasteiger partial charge in [-0.15, -0.1) is 0 Å². The zero-order chi connectivity index (χ0) is 20.9. The summed E-state index contributed by atoms with van der Waals surface area (Å²) in [6.45, 7) is 3.56. The highest BCUT2D eigenvalue weighted by molar-refractivity contribution is 9.10. The molecule has 0 atom stereocenters. The maximum Gasteiger partial charge on any atom is 0.274 e. The molecule has 1 saturated heterocycles. The zero-order valence-electron chi connectivity index (χ0n) is 17.0. The van der Waals surface area contributed by atoms with E-state index in [2.05, 4.69) is 31.6 Å². The van der Waals surface area contributed by atoms with Crippen LogP contribution in [-0.2, 0) is 16.6 Å². The predicted molar refractivity (Wildman–Crippen MR) is 123 cm³/mol. The molecule has 0 amide bonds. The molecule has 8 heteroatoms. The molecular formula is C21H33BrClN3O2S. The maximum absolute atomic E-state index is 11.1. The number of halogens is 2. The van der Waals surface area contributed by atoms with Gasteiger partial charge in [0.25, 0.3) is 10.2 Å². The second kappa shape index (κ2) is 10.9. The summed E-state index contributed by atoms with van der Waals surface area (Å²) in [5, 5.41) is 5.89. The summed E-state index contributed by atoms with van der Waals surface area (Å²) in [5.74, 6) is 1.47. The first-order chi connectivity index (χ1) is 13.8. The van der Waals surface area contributed by atoms with Crippen LogP contribution < -0.4 is 9.86 Å². The van der Waals surface area contributed by atoms with Crippen molar-refractivity contribution in [2.75, 3.05) is 19.6 Å². The minimum atomic E-state index is -3.57. The van der Waals surface area contributed by atoms with Crippen LogP contribution in [0.15, 0.2) is 22.7 Å². The average molecular weight is 507 g/mol. The Kier molecular flexibility index (Phi) is 8.84. The Labute approximate surface area is 189 Å². The van der Waals surface area contributed by atoms with Gasteiger partial charge in [0.05, 0.1) is 0 Å². The number of rotatable bonds is 8. The molecule has 2 aliphatic rings. The third kappa shape index (κ3) is 8.11. The smallest absolute Gasteiger partial charge is 0.274 e. The van der Waals surface area contributed by atoms with Crippen molar-refractivity contribution in [3.63, 3.8) is 0 Å². The number of hydrogen-bond donors (Lipinski definition) is 2. The highest BCUT2D eigenvalue weighted by Gasteiger charge is 2.24. The molecule has 0 spiro atoms. The minimum absolute atomic E-state index is 0.0276. The summed E-state index contributed by atoms with van der Waals surface area (Å²) in [4.78, 5) is 2.61. The predicted octanol–water partition coefficient (Wildman–Crippen LogP) is 4.49. The van der Waals surface area contributed by atoms with Gasteiger partial charge in [-0.2, -0.15) is 13.1 Å². The van der Waals surface area contributed by atoms with Gasteiger partial charge >= 0.3 is 0 Å². The van der Waals surface area contributed by atoms with Crippen molar-refractivity contribution in [2.45, 2.75) is 63.8 Å². The fourth-order valence-corrected chi connectivity index (χ4v) is 6.13. The van der Waals surface area contributed by atoms with E-state index >= 15 is 0 Å². The first-order valence-electron chi connectivity index (χ1n) is 10.7. The van der Waals surface area contributed by atoms with Gasteiger partial charge < -0.3 is 4.90 Å². The van der Waals surface area contributed by atoms with E-state index < -0.39 is 10.2 Å². The van der Waals surface area contributed by atoms with Crippen LogP contribution in [0, 0.1) is 11.8 Å². The Hall–Kier alpha value is -0.180. The van der Waals surface area contributed by atoms with E-state index in [-0.39, 0.29) is 6.04 Å². The summed E-state index contributed by atoms with van der Waals surface area (Å²) in [5.41, 5.74) is 1.32. The van der Waals surface area contributed by atoms with E-state index in [4.69, 9.17) is 16.7 Å². The first kappa shape index (κ1) is 23.5. The molecule has 3 rings (SSSR count). The average Bonchev–Trinajstić information content (AvgIpc) is 2.66. The lowest BCUT2D eigenvalue weighted by Crippen LogP contribution is -2.41.